The molecule has 22 heavy (non-hydrogen) atoms. The highest BCUT2D eigenvalue weighted by Crippen LogP contribution is 2.18. The van der Waals surface area contributed by atoms with Crippen LogP contribution < -0.4 is 10.6 Å². The summed E-state index contributed by atoms with van der Waals surface area (Å²) in [6.45, 7) is 2.89. The van der Waals surface area contributed by atoms with Crippen molar-refractivity contribution in [3.05, 3.63) is 54.4 Å². The second-order valence-corrected chi connectivity index (χ2v) is 5.73. The molecule has 3 rings (SSSR count). The zero-order valence-electron chi connectivity index (χ0n) is 12.6. The van der Waals surface area contributed by atoms with Gasteiger partial charge in [-0.25, -0.2) is 0 Å². The number of nitrogens with one attached hydrogen (secondary N) is 2. The molecular formula is C18H21N3O. The number of carbonyl (C=O) groups is 1. The largest absolute Gasteiger partial charge is 0.352 e. The van der Waals surface area contributed by atoms with E-state index in [1.807, 2.05) is 36.4 Å². The number of nitrogens with zero attached hydrogens (tertiary/aromatic N) is 1. The van der Waals surface area contributed by atoms with Crippen LogP contribution in [0, 0.1) is 5.92 Å². The van der Waals surface area contributed by atoms with E-state index in [9.17, 15) is 4.79 Å². The van der Waals surface area contributed by atoms with Gasteiger partial charge in [0.1, 0.15) is 0 Å². The van der Waals surface area contributed by atoms with Crippen LogP contribution in [0.3, 0.4) is 0 Å². The van der Waals surface area contributed by atoms with Gasteiger partial charge in [0.2, 0.25) is 0 Å². The molecule has 0 spiro atoms. The Hall–Kier alpha value is -2.20. The number of amides is 1. The molecule has 4 heteroatoms. The van der Waals surface area contributed by atoms with Gasteiger partial charge in [-0.3, -0.25) is 9.78 Å². The Labute approximate surface area is 131 Å². The number of hydrogen-bond donors (Lipinski definition) is 2. The van der Waals surface area contributed by atoms with E-state index in [0.717, 1.165) is 37.2 Å². The number of aromatic nitrogens is 1. The second-order valence-electron chi connectivity index (χ2n) is 5.73. The van der Waals surface area contributed by atoms with E-state index in [1.165, 1.54) is 6.42 Å². The Balaban J connectivity index is 1.60. The van der Waals surface area contributed by atoms with E-state index in [1.54, 1.807) is 12.4 Å². The van der Waals surface area contributed by atoms with E-state index in [2.05, 4.69) is 15.6 Å². The summed E-state index contributed by atoms with van der Waals surface area (Å²) >= 11 is 0. The fourth-order valence-electron chi connectivity index (χ4n) is 2.81. The molecule has 1 aromatic carbocycles. The number of benzene rings is 1. The van der Waals surface area contributed by atoms with Gasteiger partial charge >= 0.3 is 0 Å². The quantitative estimate of drug-likeness (QED) is 0.891. The molecule has 2 aromatic rings. The maximum atomic E-state index is 12.2. The SMILES string of the molecule is O=C(NCCC1CCNC1)c1cncc(-c2ccccc2)c1. The third kappa shape index (κ3) is 3.71. The maximum absolute atomic E-state index is 12.2. The molecule has 0 aliphatic carbocycles. The van der Waals surface area contributed by atoms with Gasteiger partial charge in [-0.05, 0) is 43.5 Å². The van der Waals surface area contributed by atoms with Crippen molar-refractivity contribution in [2.45, 2.75) is 12.8 Å². The summed E-state index contributed by atoms with van der Waals surface area (Å²) in [5.74, 6) is 0.644. The first-order valence-electron chi connectivity index (χ1n) is 7.82. The lowest BCUT2D eigenvalue weighted by atomic mass is 10.0. The minimum absolute atomic E-state index is 0.0452. The highest BCUT2D eigenvalue weighted by molar-refractivity contribution is 5.95. The highest BCUT2D eigenvalue weighted by Gasteiger charge is 2.14. The minimum atomic E-state index is -0.0452. The van der Waals surface area contributed by atoms with Crippen LogP contribution in [0.5, 0.6) is 0 Å². The molecule has 1 atom stereocenters. The average molecular weight is 295 g/mol. The Morgan fingerprint density at radius 1 is 1.23 bits per heavy atom. The summed E-state index contributed by atoms with van der Waals surface area (Å²) < 4.78 is 0. The summed E-state index contributed by atoms with van der Waals surface area (Å²) in [6, 6.07) is 11.9. The molecule has 1 aromatic heterocycles. The molecule has 4 nitrogen and oxygen atoms in total. The number of carbonyl (C=O) groups excluding carboxylic acids is 1. The first kappa shape index (κ1) is 14.7. The van der Waals surface area contributed by atoms with Crippen LogP contribution in [-0.2, 0) is 0 Å². The van der Waals surface area contributed by atoms with Gasteiger partial charge in [-0.1, -0.05) is 30.3 Å². The predicted molar refractivity (Wildman–Crippen MR) is 87.6 cm³/mol. The highest BCUT2D eigenvalue weighted by atomic mass is 16.1. The second kappa shape index (κ2) is 7.18. The molecule has 1 saturated heterocycles. The van der Waals surface area contributed by atoms with Crippen molar-refractivity contribution in [2.75, 3.05) is 19.6 Å². The van der Waals surface area contributed by atoms with Gasteiger partial charge < -0.3 is 10.6 Å². The summed E-state index contributed by atoms with van der Waals surface area (Å²) in [4.78, 5) is 16.4. The zero-order chi connectivity index (χ0) is 15.2. The number of rotatable bonds is 5. The first-order valence-corrected chi connectivity index (χ1v) is 7.82. The van der Waals surface area contributed by atoms with Gasteiger partial charge in [0.25, 0.3) is 5.91 Å². The van der Waals surface area contributed by atoms with E-state index < -0.39 is 0 Å². The van der Waals surface area contributed by atoms with E-state index in [4.69, 9.17) is 0 Å². The van der Waals surface area contributed by atoms with Crippen LogP contribution in [0.2, 0.25) is 0 Å². The summed E-state index contributed by atoms with van der Waals surface area (Å²) in [5.41, 5.74) is 2.65. The molecule has 1 aliphatic heterocycles. The minimum Gasteiger partial charge on any atom is -0.352 e. The molecule has 1 aliphatic rings. The van der Waals surface area contributed by atoms with Gasteiger partial charge in [-0.15, -0.1) is 0 Å². The fraction of sp³-hybridized carbons (Fsp3) is 0.333. The van der Waals surface area contributed by atoms with Crippen LogP contribution in [0.25, 0.3) is 11.1 Å². The van der Waals surface area contributed by atoms with E-state index in [0.29, 0.717) is 11.5 Å². The molecule has 1 fully saturated rings. The molecule has 1 amide bonds. The number of hydrogen-bond acceptors (Lipinski definition) is 3. The van der Waals surface area contributed by atoms with Crippen molar-refractivity contribution >= 4 is 5.91 Å². The number of pyridine rings is 1. The third-order valence-electron chi connectivity index (χ3n) is 4.11. The molecule has 2 N–H and O–H groups in total. The lowest BCUT2D eigenvalue weighted by Crippen LogP contribution is -2.26. The summed E-state index contributed by atoms with van der Waals surface area (Å²) in [6.07, 6.45) is 5.65. The zero-order valence-corrected chi connectivity index (χ0v) is 12.6. The third-order valence-corrected chi connectivity index (χ3v) is 4.11. The van der Waals surface area contributed by atoms with E-state index in [-0.39, 0.29) is 5.91 Å². The summed E-state index contributed by atoms with van der Waals surface area (Å²) in [5, 5.41) is 6.34. The Kier molecular flexibility index (Phi) is 4.81. The fourth-order valence-corrected chi connectivity index (χ4v) is 2.81. The van der Waals surface area contributed by atoms with Crippen molar-refractivity contribution < 1.29 is 4.79 Å². The van der Waals surface area contributed by atoms with Crippen molar-refractivity contribution in [3.8, 4) is 11.1 Å². The Morgan fingerprint density at radius 3 is 2.86 bits per heavy atom. The Bertz CT molecular complexity index is 621. The molecule has 114 valence electrons. The lowest BCUT2D eigenvalue weighted by molar-refractivity contribution is 0.0951. The van der Waals surface area contributed by atoms with Gasteiger partial charge in [0.15, 0.2) is 0 Å². The topological polar surface area (TPSA) is 54.0 Å². The van der Waals surface area contributed by atoms with Crippen LogP contribution in [0.4, 0.5) is 0 Å². The molecular weight excluding hydrogens is 274 g/mol. The van der Waals surface area contributed by atoms with E-state index >= 15 is 0 Å². The van der Waals surface area contributed by atoms with Crippen molar-refractivity contribution in [1.82, 2.24) is 15.6 Å². The summed E-state index contributed by atoms with van der Waals surface area (Å²) in [7, 11) is 0. The monoisotopic (exact) mass is 295 g/mol. The normalized spacial score (nSPS) is 17.4. The molecule has 0 saturated carbocycles. The van der Waals surface area contributed by atoms with Crippen molar-refractivity contribution in [3.63, 3.8) is 0 Å². The predicted octanol–water partition coefficient (Wildman–Crippen LogP) is 2.48. The van der Waals surface area contributed by atoms with Crippen LogP contribution >= 0.6 is 0 Å². The first-order chi connectivity index (χ1) is 10.8. The van der Waals surface area contributed by atoms with Gasteiger partial charge in [-0.2, -0.15) is 0 Å². The molecule has 0 radical (unpaired) electrons. The molecule has 2 heterocycles. The maximum Gasteiger partial charge on any atom is 0.252 e. The molecule has 1 unspecified atom stereocenters. The van der Waals surface area contributed by atoms with Crippen LogP contribution in [-0.4, -0.2) is 30.5 Å². The smallest absolute Gasteiger partial charge is 0.252 e. The van der Waals surface area contributed by atoms with Gasteiger partial charge in [0.05, 0.1) is 5.56 Å². The van der Waals surface area contributed by atoms with Crippen LogP contribution in [0.15, 0.2) is 48.8 Å². The van der Waals surface area contributed by atoms with Crippen LogP contribution in [0.1, 0.15) is 23.2 Å². The lowest BCUT2D eigenvalue weighted by Gasteiger charge is -2.10. The molecule has 0 bridgehead atoms. The van der Waals surface area contributed by atoms with Gasteiger partial charge in [0, 0.05) is 24.5 Å². The standard InChI is InChI=1S/C18H21N3O/c22-18(21-9-7-14-6-8-19-11-14)17-10-16(12-20-13-17)15-4-2-1-3-5-15/h1-5,10,12-14,19H,6-9,11H2,(H,21,22). The van der Waals surface area contributed by atoms with Crippen molar-refractivity contribution in [1.29, 1.82) is 0 Å². The Morgan fingerprint density at radius 2 is 2.09 bits per heavy atom. The average Bonchev–Trinajstić information content (AvgIpc) is 3.09. The van der Waals surface area contributed by atoms with Crippen molar-refractivity contribution in [2.24, 2.45) is 5.92 Å².